The zero-order valence-electron chi connectivity index (χ0n) is 10.8. The van der Waals surface area contributed by atoms with Crippen molar-refractivity contribution in [3.05, 3.63) is 5.89 Å². The Labute approximate surface area is 106 Å². The normalized spacial score (nSPS) is 16.8. The number of amides is 1. The predicted molar refractivity (Wildman–Crippen MR) is 66.1 cm³/mol. The molecule has 0 saturated carbocycles. The lowest BCUT2D eigenvalue weighted by Gasteiger charge is -2.15. The second-order valence-corrected chi connectivity index (χ2v) is 4.60. The van der Waals surface area contributed by atoms with Gasteiger partial charge in [0.2, 0.25) is 11.8 Å². The molecule has 0 spiro atoms. The van der Waals surface area contributed by atoms with Crippen LogP contribution in [0.4, 0.5) is 6.01 Å². The number of carbonyl (C=O) groups is 1. The third kappa shape index (κ3) is 3.43. The summed E-state index contributed by atoms with van der Waals surface area (Å²) in [5.41, 5.74) is 0. The van der Waals surface area contributed by atoms with Gasteiger partial charge in [0.1, 0.15) is 0 Å². The number of nitrogens with zero attached hydrogens (tertiary/aromatic N) is 3. The maximum atomic E-state index is 11.2. The Morgan fingerprint density at radius 3 is 3.06 bits per heavy atom. The molecule has 100 valence electrons. The van der Waals surface area contributed by atoms with E-state index >= 15 is 0 Å². The predicted octanol–water partition coefficient (Wildman–Crippen LogP) is -0.106. The Bertz CT molecular complexity index is 404. The molecule has 1 aromatic rings. The van der Waals surface area contributed by atoms with Crippen LogP contribution < -0.4 is 15.5 Å². The Hall–Kier alpha value is -1.63. The minimum Gasteiger partial charge on any atom is -0.407 e. The number of anilines is 1. The molecule has 2 N–H and O–H groups in total. The van der Waals surface area contributed by atoms with Crippen molar-refractivity contribution in [3.63, 3.8) is 0 Å². The van der Waals surface area contributed by atoms with Gasteiger partial charge in [-0.15, -0.1) is 5.10 Å². The van der Waals surface area contributed by atoms with E-state index in [4.69, 9.17) is 4.42 Å². The molecule has 0 radical (unpaired) electrons. The van der Waals surface area contributed by atoms with Gasteiger partial charge in [-0.3, -0.25) is 4.79 Å². The van der Waals surface area contributed by atoms with Gasteiger partial charge in [0.15, 0.2) is 0 Å². The van der Waals surface area contributed by atoms with E-state index in [-0.39, 0.29) is 5.91 Å². The van der Waals surface area contributed by atoms with Crippen molar-refractivity contribution in [2.75, 3.05) is 24.5 Å². The van der Waals surface area contributed by atoms with Gasteiger partial charge in [0.25, 0.3) is 0 Å². The average Bonchev–Trinajstić information content (AvgIpc) is 2.69. The van der Waals surface area contributed by atoms with E-state index < -0.39 is 0 Å². The molecular weight excluding hydrogens is 234 g/mol. The quantitative estimate of drug-likeness (QED) is 0.779. The van der Waals surface area contributed by atoms with Crippen molar-refractivity contribution in [2.45, 2.75) is 32.9 Å². The highest BCUT2D eigenvalue weighted by Crippen LogP contribution is 2.13. The van der Waals surface area contributed by atoms with Crippen molar-refractivity contribution >= 4 is 11.9 Å². The van der Waals surface area contributed by atoms with Crippen LogP contribution in [0, 0.1) is 0 Å². The van der Waals surface area contributed by atoms with Crippen molar-refractivity contribution in [3.8, 4) is 0 Å². The summed E-state index contributed by atoms with van der Waals surface area (Å²) in [5, 5.41) is 14.0. The molecule has 7 heteroatoms. The van der Waals surface area contributed by atoms with Crippen LogP contribution in [0.1, 0.15) is 26.2 Å². The van der Waals surface area contributed by atoms with E-state index in [0.717, 1.165) is 0 Å². The molecule has 1 aliphatic rings. The lowest BCUT2D eigenvalue weighted by atomic mass is 10.4. The van der Waals surface area contributed by atoms with Crippen LogP contribution >= 0.6 is 0 Å². The molecule has 0 aromatic carbocycles. The van der Waals surface area contributed by atoms with Crippen LogP contribution in [-0.4, -0.2) is 41.8 Å². The summed E-state index contributed by atoms with van der Waals surface area (Å²) in [6, 6.07) is 0.868. The van der Waals surface area contributed by atoms with Crippen LogP contribution in [0.3, 0.4) is 0 Å². The number of hydrogen-bond acceptors (Lipinski definition) is 6. The summed E-state index contributed by atoms with van der Waals surface area (Å²) in [4.78, 5) is 13.2. The third-order valence-electron chi connectivity index (χ3n) is 2.70. The van der Waals surface area contributed by atoms with E-state index in [1.807, 2.05) is 4.90 Å². The number of aromatic nitrogens is 2. The number of hydrogen-bond donors (Lipinski definition) is 2. The fourth-order valence-corrected chi connectivity index (χ4v) is 1.69. The first-order chi connectivity index (χ1) is 8.65. The lowest BCUT2D eigenvalue weighted by molar-refractivity contribution is -0.120. The van der Waals surface area contributed by atoms with Crippen LogP contribution in [0.5, 0.6) is 0 Å². The summed E-state index contributed by atoms with van der Waals surface area (Å²) in [6.45, 7) is 6.61. The lowest BCUT2D eigenvalue weighted by Crippen LogP contribution is -2.28. The molecule has 18 heavy (non-hydrogen) atoms. The number of carbonyl (C=O) groups excluding carboxylic acids is 1. The van der Waals surface area contributed by atoms with Crippen LogP contribution in [-0.2, 0) is 11.3 Å². The van der Waals surface area contributed by atoms with Gasteiger partial charge < -0.3 is 20.0 Å². The number of nitrogens with one attached hydrogen (secondary N) is 2. The third-order valence-corrected chi connectivity index (χ3v) is 2.70. The van der Waals surface area contributed by atoms with Crippen LogP contribution in [0.15, 0.2) is 4.42 Å². The zero-order chi connectivity index (χ0) is 13.0. The summed E-state index contributed by atoms with van der Waals surface area (Å²) in [5.74, 6) is 0.640. The number of rotatable bonds is 4. The summed E-state index contributed by atoms with van der Waals surface area (Å²) in [7, 11) is 0. The van der Waals surface area contributed by atoms with E-state index in [1.54, 1.807) is 0 Å². The minimum atomic E-state index is 0.0683. The monoisotopic (exact) mass is 253 g/mol. The van der Waals surface area contributed by atoms with E-state index in [0.29, 0.717) is 50.5 Å². The summed E-state index contributed by atoms with van der Waals surface area (Å²) < 4.78 is 5.57. The molecule has 1 amide bonds. The maximum absolute atomic E-state index is 11.2. The van der Waals surface area contributed by atoms with Gasteiger partial charge in [0.05, 0.1) is 6.54 Å². The van der Waals surface area contributed by atoms with Gasteiger partial charge in [-0.1, -0.05) is 18.9 Å². The average molecular weight is 253 g/mol. The second kappa shape index (κ2) is 5.81. The molecule has 0 aliphatic carbocycles. The maximum Gasteiger partial charge on any atom is 0.318 e. The Balaban J connectivity index is 1.94. The molecule has 1 fully saturated rings. The largest absolute Gasteiger partial charge is 0.407 e. The smallest absolute Gasteiger partial charge is 0.318 e. The van der Waals surface area contributed by atoms with Crippen molar-refractivity contribution < 1.29 is 9.21 Å². The molecule has 0 atom stereocenters. The fraction of sp³-hybridized carbons (Fsp3) is 0.727. The van der Waals surface area contributed by atoms with E-state index in [2.05, 4.69) is 34.7 Å². The zero-order valence-corrected chi connectivity index (χ0v) is 10.8. The molecule has 2 rings (SSSR count). The van der Waals surface area contributed by atoms with E-state index in [9.17, 15) is 4.79 Å². The fourth-order valence-electron chi connectivity index (χ4n) is 1.69. The van der Waals surface area contributed by atoms with Gasteiger partial charge >= 0.3 is 6.01 Å². The molecule has 0 bridgehead atoms. The molecule has 0 unspecified atom stereocenters. The van der Waals surface area contributed by atoms with Gasteiger partial charge in [-0.25, -0.2) is 0 Å². The molecule has 1 saturated heterocycles. The highest BCUT2D eigenvalue weighted by atomic mass is 16.4. The Morgan fingerprint density at radius 2 is 2.28 bits per heavy atom. The molecule has 1 aromatic heterocycles. The van der Waals surface area contributed by atoms with Crippen LogP contribution in [0.25, 0.3) is 0 Å². The standard InChI is InChI=1S/C11H19N5O2/c1-8(2)13-7-10-14-15-11(18-10)16-5-3-9(17)12-4-6-16/h8,13H,3-7H2,1-2H3,(H,12,17). The van der Waals surface area contributed by atoms with Crippen molar-refractivity contribution in [1.29, 1.82) is 0 Å². The molecule has 1 aliphatic heterocycles. The van der Waals surface area contributed by atoms with Gasteiger partial charge in [-0.05, 0) is 0 Å². The van der Waals surface area contributed by atoms with E-state index in [1.165, 1.54) is 0 Å². The molecular formula is C11H19N5O2. The van der Waals surface area contributed by atoms with Crippen molar-refractivity contribution in [1.82, 2.24) is 20.8 Å². The van der Waals surface area contributed by atoms with Crippen LogP contribution in [0.2, 0.25) is 0 Å². The first kappa shape index (κ1) is 12.8. The second-order valence-electron chi connectivity index (χ2n) is 4.60. The first-order valence-electron chi connectivity index (χ1n) is 6.22. The van der Waals surface area contributed by atoms with Gasteiger partial charge in [0, 0.05) is 32.1 Å². The SMILES string of the molecule is CC(C)NCc1nnc(N2CCNC(=O)CC2)o1. The first-order valence-corrected chi connectivity index (χ1v) is 6.22. The van der Waals surface area contributed by atoms with Crippen molar-refractivity contribution in [2.24, 2.45) is 0 Å². The summed E-state index contributed by atoms with van der Waals surface area (Å²) >= 11 is 0. The summed E-state index contributed by atoms with van der Waals surface area (Å²) in [6.07, 6.45) is 0.460. The Kier molecular flexibility index (Phi) is 4.14. The minimum absolute atomic E-state index is 0.0683. The van der Waals surface area contributed by atoms with Gasteiger partial charge in [-0.2, -0.15) is 0 Å². The highest BCUT2D eigenvalue weighted by molar-refractivity contribution is 5.76. The molecule has 2 heterocycles. The Morgan fingerprint density at radius 1 is 1.44 bits per heavy atom. The topological polar surface area (TPSA) is 83.3 Å². The highest BCUT2D eigenvalue weighted by Gasteiger charge is 2.18. The molecule has 7 nitrogen and oxygen atoms in total.